The number of nitrogens with zero attached hydrogens (tertiary/aromatic N) is 3. The Kier molecular flexibility index (Phi) is 4.26. The Hall–Kier alpha value is -1.01. The van der Waals surface area contributed by atoms with Crippen molar-refractivity contribution in [1.29, 1.82) is 0 Å². The van der Waals surface area contributed by atoms with Crippen LogP contribution in [-0.2, 0) is 11.3 Å². The van der Waals surface area contributed by atoms with Crippen LogP contribution in [0.3, 0.4) is 0 Å². The lowest BCUT2D eigenvalue weighted by Gasteiger charge is -2.32. The van der Waals surface area contributed by atoms with Crippen LogP contribution in [0.4, 0.5) is 5.95 Å². The molecule has 1 aliphatic heterocycles. The molecule has 0 radical (unpaired) electrons. The molecule has 0 bridgehead atoms. The molecule has 21 heavy (non-hydrogen) atoms. The van der Waals surface area contributed by atoms with Gasteiger partial charge in [0, 0.05) is 13.1 Å². The zero-order chi connectivity index (χ0) is 15.0. The highest BCUT2D eigenvalue weighted by Crippen LogP contribution is 2.29. The van der Waals surface area contributed by atoms with Gasteiger partial charge in [-0.15, -0.1) is 0 Å². The summed E-state index contributed by atoms with van der Waals surface area (Å²) in [6.07, 6.45) is 0.104. The first-order valence-electron chi connectivity index (χ1n) is 7.03. The first-order valence-corrected chi connectivity index (χ1v) is 7.78. The van der Waals surface area contributed by atoms with Gasteiger partial charge in [-0.1, -0.05) is 30.1 Å². The van der Waals surface area contributed by atoms with E-state index in [1.165, 1.54) is 0 Å². The second kappa shape index (κ2) is 6.01. The minimum Gasteiger partial charge on any atom is -0.374 e. The second-order valence-electron chi connectivity index (χ2n) is 5.22. The zero-order valence-electron chi connectivity index (χ0n) is 11.9. The van der Waals surface area contributed by atoms with Gasteiger partial charge in [0.2, 0.25) is 5.95 Å². The molecule has 0 saturated carbocycles. The lowest BCUT2D eigenvalue weighted by molar-refractivity contribution is -0.0335. The molecule has 0 amide bonds. The van der Waals surface area contributed by atoms with Crippen LogP contribution in [0.5, 0.6) is 0 Å². The summed E-state index contributed by atoms with van der Waals surface area (Å²) in [5.74, 6) is 0.459. The van der Waals surface area contributed by atoms with E-state index in [4.69, 9.17) is 33.7 Å². The quantitative estimate of drug-likeness (QED) is 0.941. The molecule has 1 aromatic heterocycles. The summed E-state index contributed by atoms with van der Waals surface area (Å²) in [4.78, 5) is 6.72. The Morgan fingerprint density at radius 3 is 2.90 bits per heavy atom. The standard InChI is InChI=1S/C14H18Cl2N4O/c1-2-19-3-4-21-9(7-19)8-20-13-6-11(16)10(15)5-12(13)18-14(20)17/h5-6,9H,2-4,7-8H2,1H3,(H2,17,18). The Morgan fingerprint density at radius 1 is 1.38 bits per heavy atom. The van der Waals surface area contributed by atoms with Gasteiger partial charge in [0.25, 0.3) is 0 Å². The molecule has 2 aromatic rings. The maximum absolute atomic E-state index is 6.10. The highest BCUT2D eigenvalue weighted by atomic mass is 35.5. The van der Waals surface area contributed by atoms with Gasteiger partial charge in [0.1, 0.15) is 0 Å². The van der Waals surface area contributed by atoms with Gasteiger partial charge in [0.05, 0.1) is 40.3 Å². The van der Waals surface area contributed by atoms with Crippen LogP contribution in [0.15, 0.2) is 12.1 Å². The molecule has 7 heteroatoms. The van der Waals surface area contributed by atoms with Crippen LogP contribution in [0, 0.1) is 0 Å². The van der Waals surface area contributed by atoms with Crippen molar-refractivity contribution in [2.24, 2.45) is 0 Å². The van der Waals surface area contributed by atoms with Crippen molar-refractivity contribution in [2.75, 3.05) is 32.0 Å². The zero-order valence-corrected chi connectivity index (χ0v) is 13.4. The molecule has 1 fully saturated rings. The summed E-state index contributed by atoms with van der Waals surface area (Å²) in [6.45, 7) is 6.48. The van der Waals surface area contributed by atoms with Crippen molar-refractivity contribution < 1.29 is 4.74 Å². The maximum Gasteiger partial charge on any atom is 0.201 e. The number of benzene rings is 1. The lowest BCUT2D eigenvalue weighted by atomic mass is 10.2. The number of aromatic nitrogens is 2. The Morgan fingerprint density at radius 2 is 2.14 bits per heavy atom. The largest absolute Gasteiger partial charge is 0.374 e. The van der Waals surface area contributed by atoms with E-state index in [0.29, 0.717) is 22.5 Å². The number of likely N-dealkylation sites (N-methyl/N-ethyl adjacent to an activating group) is 1. The minimum absolute atomic E-state index is 0.104. The fraction of sp³-hybridized carbons (Fsp3) is 0.500. The number of hydrogen-bond acceptors (Lipinski definition) is 4. The number of ether oxygens (including phenoxy) is 1. The van der Waals surface area contributed by atoms with E-state index in [0.717, 1.165) is 37.3 Å². The summed E-state index contributed by atoms with van der Waals surface area (Å²) < 4.78 is 7.78. The predicted octanol–water partition coefficient (Wildman–Crippen LogP) is 2.65. The van der Waals surface area contributed by atoms with E-state index in [2.05, 4.69) is 16.8 Å². The van der Waals surface area contributed by atoms with Gasteiger partial charge in [-0.2, -0.15) is 0 Å². The van der Waals surface area contributed by atoms with Gasteiger partial charge in [-0.3, -0.25) is 4.90 Å². The topological polar surface area (TPSA) is 56.3 Å². The molecule has 1 unspecified atom stereocenters. The number of imidazole rings is 1. The highest BCUT2D eigenvalue weighted by molar-refractivity contribution is 6.42. The first-order chi connectivity index (χ1) is 10.1. The van der Waals surface area contributed by atoms with Crippen molar-refractivity contribution in [3.63, 3.8) is 0 Å². The third kappa shape index (κ3) is 2.97. The number of nitrogens with two attached hydrogens (primary N) is 1. The summed E-state index contributed by atoms with van der Waals surface area (Å²) in [6, 6.07) is 3.55. The van der Waals surface area contributed by atoms with Crippen LogP contribution >= 0.6 is 23.2 Å². The van der Waals surface area contributed by atoms with Crippen molar-refractivity contribution in [1.82, 2.24) is 14.5 Å². The lowest BCUT2D eigenvalue weighted by Crippen LogP contribution is -2.44. The molecule has 2 N–H and O–H groups in total. The predicted molar refractivity (Wildman–Crippen MR) is 86.0 cm³/mol. The second-order valence-corrected chi connectivity index (χ2v) is 6.04. The number of anilines is 1. The normalized spacial score (nSPS) is 20.2. The van der Waals surface area contributed by atoms with E-state index >= 15 is 0 Å². The first kappa shape index (κ1) is 14.9. The molecule has 114 valence electrons. The van der Waals surface area contributed by atoms with E-state index in [1.807, 2.05) is 10.6 Å². The molecule has 1 atom stereocenters. The van der Waals surface area contributed by atoms with Crippen LogP contribution in [-0.4, -0.2) is 46.8 Å². The number of halogens is 2. The van der Waals surface area contributed by atoms with E-state index in [9.17, 15) is 0 Å². The van der Waals surface area contributed by atoms with Crippen molar-refractivity contribution in [3.8, 4) is 0 Å². The number of morpholine rings is 1. The van der Waals surface area contributed by atoms with E-state index in [-0.39, 0.29) is 6.10 Å². The molecule has 1 aromatic carbocycles. The highest BCUT2D eigenvalue weighted by Gasteiger charge is 2.22. The molecule has 0 aliphatic carbocycles. The molecule has 1 aliphatic rings. The molecule has 3 rings (SSSR count). The SMILES string of the molecule is CCN1CCOC(Cn2c(N)nc3cc(Cl)c(Cl)cc32)C1. The molecule has 0 spiro atoms. The fourth-order valence-electron chi connectivity index (χ4n) is 2.71. The third-order valence-corrected chi connectivity index (χ3v) is 4.60. The number of fused-ring (bicyclic) bond motifs is 1. The Balaban J connectivity index is 1.89. The molecule has 2 heterocycles. The Bertz CT molecular complexity index is 658. The molecule has 5 nitrogen and oxygen atoms in total. The summed E-state index contributed by atoms with van der Waals surface area (Å²) >= 11 is 12.1. The van der Waals surface area contributed by atoms with Gasteiger partial charge in [-0.05, 0) is 18.7 Å². The van der Waals surface area contributed by atoms with Gasteiger partial charge in [0.15, 0.2) is 0 Å². The smallest absolute Gasteiger partial charge is 0.201 e. The monoisotopic (exact) mass is 328 g/mol. The average Bonchev–Trinajstić information content (AvgIpc) is 2.76. The summed E-state index contributed by atoms with van der Waals surface area (Å²) in [5.41, 5.74) is 7.68. The number of rotatable bonds is 3. The molecular formula is C14H18Cl2N4O. The van der Waals surface area contributed by atoms with E-state index < -0.39 is 0 Å². The average molecular weight is 329 g/mol. The molecular weight excluding hydrogens is 311 g/mol. The van der Waals surface area contributed by atoms with Gasteiger partial charge < -0.3 is 15.0 Å². The summed E-state index contributed by atoms with van der Waals surface area (Å²) in [7, 11) is 0. The van der Waals surface area contributed by atoms with Crippen LogP contribution in [0.1, 0.15) is 6.92 Å². The van der Waals surface area contributed by atoms with Crippen molar-refractivity contribution in [3.05, 3.63) is 22.2 Å². The number of nitrogen functional groups attached to an aromatic ring is 1. The maximum atomic E-state index is 6.10. The minimum atomic E-state index is 0.104. The van der Waals surface area contributed by atoms with Crippen molar-refractivity contribution in [2.45, 2.75) is 19.6 Å². The van der Waals surface area contributed by atoms with Crippen LogP contribution in [0.25, 0.3) is 11.0 Å². The fourth-order valence-corrected chi connectivity index (χ4v) is 3.03. The molecule has 1 saturated heterocycles. The number of hydrogen-bond donors (Lipinski definition) is 1. The van der Waals surface area contributed by atoms with Crippen LogP contribution < -0.4 is 5.73 Å². The Labute approximate surface area is 133 Å². The van der Waals surface area contributed by atoms with Crippen LogP contribution in [0.2, 0.25) is 10.0 Å². The van der Waals surface area contributed by atoms with Gasteiger partial charge in [-0.25, -0.2) is 4.98 Å². The summed E-state index contributed by atoms with van der Waals surface area (Å²) in [5, 5.41) is 0.991. The third-order valence-electron chi connectivity index (χ3n) is 3.88. The van der Waals surface area contributed by atoms with Gasteiger partial charge >= 0.3 is 0 Å². The van der Waals surface area contributed by atoms with E-state index in [1.54, 1.807) is 6.07 Å². The van der Waals surface area contributed by atoms with Crippen molar-refractivity contribution >= 4 is 40.2 Å².